The molecule has 0 spiro atoms. The molecule has 0 aromatic carbocycles. The van der Waals surface area contributed by atoms with E-state index in [9.17, 15) is 4.79 Å². The maximum absolute atomic E-state index is 12.9. The number of carbonyl (C=O) groups is 1. The van der Waals surface area contributed by atoms with Crippen molar-refractivity contribution in [3.8, 4) is 0 Å². The highest BCUT2D eigenvalue weighted by Gasteiger charge is 2.30. The van der Waals surface area contributed by atoms with Crippen LogP contribution in [0, 0.1) is 0 Å². The van der Waals surface area contributed by atoms with Crippen LogP contribution in [-0.2, 0) is 4.74 Å². The smallest absolute Gasteiger partial charge is 0.255 e. The Morgan fingerprint density at radius 2 is 2.00 bits per heavy atom. The third-order valence-corrected chi connectivity index (χ3v) is 5.28. The first kappa shape index (κ1) is 18.1. The molecule has 2 fully saturated rings. The molecule has 0 saturated carbocycles. The number of nitrogens with zero attached hydrogens (tertiary/aromatic N) is 4. The van der Waals surface area contributed by atoms with Crippen LogP contribution < -0.4 is 4.90 Å². The summed E-state index contributed by atoms with van der Waals surface area (Å²) < 4.78 is 5.37. The average Bonchev–Trinajstić information content (AvgIpc) is 2.67. The van der Waals surface area contributed by atoms with Gasteiger partial charge in [-0.3, -0.25) is 9.69 Å². The topological polar surface area (TPSA) is 48.9 Å². The minimum atomic E-state index is 0.0999. The summed E-state index contributed by atoms with van der Waals surface area (Å²) in [6.07, 6.45) is 2.79. The van der Waals surface area contributed by atoms with Gasteiger partial charge in [0.05, 0.1) is 18.8 Å². The summed E-state index contributed by atoms with van der Waals surface area (Å²) in [4.78, 5) is 24.1. The molecule has 1 unspecified atom stereocenters. The zero-order chi connectivity index (χ0) is 17.8. The third-order valence-electron chi connectivity index (χ3n) is 5.28. The number of hydrogen-bond donors (Lipinski definition) is 0. The molecular weight excluding hydrogens is 316 g/mol. The molecule has 2 saturated heterocycles. The van der Waals surface area contributed by atoms with Gasteiger partial charge in [0.25, 0.3) is 5.91 Å². The lowest BCUT2D eigenvalue weighted by Gasteiger charge is -2.43. The van der Waals surface area contributed by atoms with Gasteiger partial charge in [-0.25, -0.2) is 4.98 Å². The lowest BCUT2D eigenvalue weighted by Crippen LogP contribution is -2.56. The van der Waals surface area contributed by atoms with Crippen LogP contribution in [0.15, 0.2) is 18.3 Å². The number of amides is 1. The van der Waals surface area contributed by atoms with Crippen LogP contribution in [-0.4, -0.2) is 78.7 Å². The van der Waals surface area contributed by atoms with Crippen LogP contribution >= 0.6 is 0 Å². The molecule has 1 aromatic heterocycles. The zero-order valence-corrected chi connectivity index (χ0v) is 15.6. The Labute approximate surface area is 150 Å². The van der Waals surface area contributed by atoms with Gasteiger partial charge < -0.3 is 14.5 Å². The first-order valence-electron chi connectivity index (χ1n) is 9.44. The van der Waals surface area contributed by atoms with E-state index >= 15 is 0 Å². The highest BCUT2D eigenvalue weighted by Crippen LogP contribution is 2.19. The zero-order valence-electron chi connectivity index (χ0n) is 15.6. The number of aromatic nitrogens is 1. The minimum Gasteiger partial charge on any atom is -0.378 e. The fourth-order valence-corrected chi connectivity index (χ4v) is 3.77. The van der Waals surface area contributed by atoms with Crippen molar-refractivity contribution < 1.29 is 9.53 Å². The third kappa shape index (κ3) is 4.12. The van der Waals surface area contributed by atoms with Crippen LogP contribution in [0.1, 0.15) is 37.6 Å². The van der Waals surface area contributed by atoms with Gasteiger partial charge in [0, 0.05) is 51.0 Å². The van der Waals surface area contributed by atoms with Gasteiger partial charge in [-0.2, -0.15) is 0 Å². The van der Waals surface area contributed by atoms with E-state index in [4.69, 9.17) is 4.74 Å². The van der Waals surface area contributed by atoms with Crippen LogP contribution in [0.5, 0.6) is 0 Å². The molecule has 0 radical (unpaired) electrons. The fraction of sp³-hybridized carbons (Fsp3) is 0.684. The van der Waals surface area contributed by atoms with Crippen LogP contribution in [0.2, 0.25) is 0 Å². The van der Waals surface area contributed by atoms with E-state index < -0.39 is 0 Å². The SMILES string of the molecule is CCC1CN(C(=O)c2ccc(N3CCOCC3)nc2)CCN1C(C)C. The van der Waals surface area contributed by atoms with E-state index in [1.54, 1.807) is 6.20 Å². The molecule has 1 aromatic rings. The second-order valence-corrected chi connectivity index (χ2v) is 7.15. The summed E-state index contributed by atoms with van der Waals surface area (Å²) in [7, 11) is 0. The van der Waals surface area contributed by atoms with Gasteiger partial charge in [0.1, 0.15) is 5.82 Å². The Morgan fingerprint density at radius 3 is 2.60 bits per heavy atom. The molecule has 2 aliphatic heterocycles. The molecule has 2 aliphatic rings. The molecule has 1 atom stereocenters. The van der Waals surface area contributed by atoms with E-state index in [0.717, 1.165) is 58.2 Å². The van der Waals surface area contributed by atoms with E-state index in [-0.39, 0.29) is 5.91 Å². The Hall–Kier alpha value is -1.66. The Bertz CT molecular complexity index is 569. The summed E-state index contributed by atoms with van der Waals surface area (Å²) in [6.45, 7) is 12.4. The predicted octanol–water partition coefficient (Wildman–Crippen LogP) is 1.86. The fourth-order valence-electron chi connectivity index (χ4n) is 3.77. The van der Waals surface area contributed by atoms with Crippen LogP contribution in [0.4, 0.5) is 5.82 Å². The summed E-state index contributed by atoms with van der Waals surface area (Å²) in [6, 6.07) is 4.84. The molecule has 1 amide bonds. The molecular formula is C19H30N4O2. The first-order valence-corrected chi connectivity index (χ1v) is 9.44. The monoisotopic (exact) mass is 346 g/mol. The second kappa shape index (κ2) is 8.15. The summed E-state index contributed by atoms with van der Waals surface area (Å²) in [5.41, 5.74) is 0.685. The maximum atomic E-state index is 12.9. The van der Waals surface area contributed by atoms with E-state index in [1.807, 2.05) is 17.0 Å². The van der Waals surface area contributed by atoms with Gasteiger partial charge in [-0.1, -0.05) is 6.92 Å². The number of carbonyl (C=O) groups excluding carboxylic acids is 1. The Balaban J connectivity index is 1.64. The van der Waals surface area contributed by atoms with Gasteiger partial charge >= 0.3 is 0 Å². The van der Waals surface area contributed by atoms with Gasteiger partial charge in [0.15, 0.2) is 0 Å². The van der Waals surface area contributed by atoms with Crippen molar-refractivity contribution in [2.45, 2.75) is 39.3 Å². The average molecular weight is 346 g/mol. The maximum Gasteiger partial charge on any atom is 0.255 e. The van der Waals surface area contributed by atoms with Crippen molar-refractivity contribution in [3.05, 3.63) is 23.9 Å². The van der Waals surface area contributed by atoms with E-state index in [1.165, 1.54) is 0 Å². The summed E-state index contributed by atoms with van der Waals surface area (Å²) in [5, 5.41) is 0. The van der Waals surface area contributed by atoms with Crippen molar-refractivity contribution in [2.75, 3.05) is 50.8 Å². The highest BCUT2D eigenvalue weighted by atomic mass is 16.5. The standard InChI is InChI=1S/C19H30N4O2/c1-4-17-14-22(7-8-23(17)15(2)3)19(24)16-5-6-18(20-13-16)21-9-11-25-12-10-21/h5-6,13,15,17H,4,7-12,14H2,1-3H3. The summed E-state index contributed by atoms with van der Waals surface area (Å²) >= 11 is 0. The van der Waals surface area contributed by atoms with Crippen LogP contribution in [0.3, 0.4) is 0 Å². The van der Waals surface area contributed by atoms with Crippen molar-refractivity contribution >= 4 is 11.7 Å². The number of ether oxygens (including phenoxy) is 1. The molecule has 6 nitrogen and oxygen atoms in total. The van der Waals surface area contributed by atoms with Gasteiger partial charge in [0.2, 0.25) is 0 Å². The lowest BCUT2D eigenvalue weighted by molar-refractivity contribution is 0.0371. The van der Waals surface area contributed by atoms with Crippen molar-refractivity contribution in [3.63, 3.8) is 0 Å². The number of morpholine rings is 1. The Morgan fingerprint density at radius 1 is 1.24 bits per heavy atom. The highest BCUT2D eigenvalue weighted by molar-refractivity contribution is 5.94. The predicted molar refractivity (Wildman–Crippen MR) is 99.1 cm³/mol. The number of hydrogen-bond acceptors (Lipinski definition) is 5. The lowest BCUT2D eigenvalue weighted by atomic mass is 10.1. The molecule has 138 valence electrons. The Kier molecular flexibility index (Phi) is 5.91. The number of anilines is 1. The normalized spacial score (nSPS) is 22.5. The number of rotatable bonds is 4. The number of piperazine rings is 1. The van der Waals surface area contributed by atoms with Crippen molar-refractivity contribution in [1.29, 1.82) is 0 Å². The largest absolute Gasteiger partial charge is 0.378 e. The quantitative estimate of drug-likeness (QED) is 0.833. The molecule has 0 N–H and O–H groups in total. The number of pyridine rings is 1. The van der Waals surface area contributed by atoms with E-state index in [0.29, 0.717) is 17.6 Å². The van der Waals surface area contributed by atoms with Crippen LogP contribution in [0.25, 0.3) is 0 Å². The molecule has 3 rings (SSSR count). The summed E-state index contributed by atoms with van der Waals surface area (Å²) in [5.74, 6) is 1.03. The molecule has 25 heavy (non-hydrogen) atoms. The van der Waals surface area contributed by atoms with Gasteiger partial charge in [-0.15, -0.1) is 0 Å². The molecule has 0 aliphatic carbocycles. The second-order valence-electron chi connectivity index (χ2n) is 7.15. The molecule has 3 heterocycles. The first-order chi connectivity index (χ1) is 12.1. The molecule has 6 heteroatoms. The van der Waals surface area contributed by atoms with E-state index in [2.05, 4.69) is 35.6 Å². The van der Waals surface area contributed by atoms with Crippen molar-refractivity contribution in [1.82, 2.24) is 14.8 Å². The molecule has 0 bridgehead atoms. The van der Waals surface area contributed by atoms with Crippen molar-refractivity contribution in [2.24, 2.45) is 0 Å². The van der Waals surface area contributed by atoms with Gasteiger partial charge in [-0.05, 0) is 32.4 Å². The minimum absolute atomic E-state index is 0.0999.